The summed E-state index contributed by atoms with van der Waals surface area (Å²) in [5.74, 6) is 0. The maximum atomic E-state index is 5.80. The lowest BCUT2D eigenvalue weighted by Crippen LogP contribution is -1.85. The van der Waals surface area contributed by atoms with E-state index in [9.17, 15) is 0 Å². The summed E-state index contributed by atoms with van der Waals surface area (Å²) in [6.07, 6.45) is 2.14. The summed E-state index contributed by atoms with van der Waals surface area (Å²) < 4.78 is 0. The summed E-state index contributed by atoms with van der Waals surface area (Å²) in [7, 11) is 0. The molecule has 1 aromatic carbocycles. The smallest absolute Gasteiger partial charge is 0.0406 e. The normalized spacial score (nSPS) is 11.8. The van der Waals surface area contributed by atoms with Crippen LogP contribution in [0.4, 0.5) is 0 Å². The van der Waals surface area contributed by atoms with Crippen molar-refractivity contribution >= 4 is 49.0 Å². The average Bonchev–Trinajstić information content (AvgIpc) is 2.16. The number of halogens is 3. The van der Waals surface area contributed by atoms with E-state index in [1.807, 2.05) is 24.3 Å². The lowest BCUT2D eigenvalue weighted by Gasteiger charge is -2.03. The molecule has 0 fully saturated rings. The van der Waals surface area contributed by atoms with Crippen LogP contribution in [0.5, 0.6) is 0 Å². The lowest BCUT2D eigenvalue weighted by atomic mass is 10.1. The second-order valence-corrected chi connectivity index (χ2v) is 4.17. The highest BCUT2D eigenvalue weighted by atomic mass is 79.9. The monoisotopic (exact) mass is 322 g/mol. The molecule has 0 heterocycles. The highest BCUT2D eigenvalue weighted by molar-refractivity contribution is 9.09. The minimum Gasteiger partial charge on any atom is -0.0883 e. The Labute approximate surface area is 100 Å². The van der Waals surface area contributed by atoms with E-state index in [0.29, 0.717) is 0 Å². The van der Waals surface area contributed by atoms with Gasteiger partial charge in [0.15, 0.2) is 0 Å². The molecule has 0 aromatic heterocycles. The van der Waals surface area contributed by atoms with Crippen molar-refractivity contribution in [3.05, 3.63) is 40.9 Å². The zero-order chi connectivity index (χ0) is 9.68. The van der Waals surface area contributed by atoms with Crippen molar-refractivity contribution in [2.75, 3.05) is 10.7 Å². The molecule has 0 radical (unpaired) electrons. The van der Waals surface area contributed by atoms with Crippen LogP contribution in [0.25, 0.3) is 5.57 Å². The molecule has 0 saturated carbocycles. The van der Waals surface area contributed by atoms with Crippen molar-refractivity contribution in [1.82, 2.24) is 0 Å². The average molecular weight is 324 g/mol. The molecule has 13 heavy (non-hydrogen) atoms. The van der Waals surface area contributed by atoms with Crippen LogP contribution in [0.2, 0.25) is 5.02 Å². The molecule has 0 N–H and O–H groups in total. The van der Waals surface area contributed by atoms with E-state index in [2.05, 4.69) is 37.9 Å². The minimum absolute atomic E-state index is 0.775. The Balaban J connectivity index is 2.92. The number of alkyl halides is 2. The van der Waals surface area contributed by atoms with Gasteiger partial charge in [-0.05, 0) is 23.3 Å². The van der Waals surface area contributed by atoms with Crippen molar-refractivity contribution in [3.8, 4) is 0 Å². The van der Waals surface area contributed by atoms with Gasteiger partial charge in [-0.15, -0.1) is 0 Å². The van der Waals surface area contributed by atoms with Crippen molar-refractivity contribution in [3.63, 3.8) is 0 Å². The van der Waals surface area contributed by atoms with E-state index in [0.717, 1.165) is 15.7 Å². The Morgan fingerprint density at radius 3 is 2.31 bits per heavy atom. The molecule has 1 aromatic rings. The zero-order valence-electron chi connectivity index (χ0n) is 6.93. The van der Waals surface area contributed by atoms with Gasteiger partial charge in [-0.25, -0.2) is 0 Å². The predicted molar refractivity (Wildman–Crippen MR) is 67.0 cm³/mol. The SMILES string of the molecule is Clc1ccc(/C(=C/CBr)CBr)cc1. The van der Waals surface area contributed by atoms with Gasteiger partial charge in [0.1, 0.15) is 0 Å². The molecule has 0 bridgehead atoms. The van der Waals surface area contributed by atoms with E-state index < -0.39 is 0 Å². The van der Waals surface area contributed by atoms with E-state index in [1.165, 1.54) is 11.1 Å². The number of benzene rings is 1. The molecule has 0 unspecified atom stereocenters. The summed E-state index contributed by atoms with van der Waals surface area (Å²) >= 11 is 12.6. The van der Waals surface area contributed by atoms with Crippen LogP contribution in [-0.4, -0.2) is 10.7 Å². The Hall–Kier alpha value is 0.210. The van der Waals surface area contributed by atoms with Crippen LogP contribution in [-0.2, 0) is 0 Å². The van der Waals surface area contributed by atoms with Crippen LogP contribution in [0, 0.1) is 0 Å². The Bertz CT molecular complexity index is 290. The molecule has 0 aliphatic carbocycles. The van der Waals surface area contributed by atoms with Gasteiger partial charge in [-0.2, -0.15) is 0 Å². The number of hydrogen-bond acceptors (Lipinski definition) is 0. The summed E-state index contributed by atoms with van der Waals surface area (Å²) in [5, 5.41) is 2.51. The van der Waals surface area contributed by atoms with Gasteiger partial charge >= 0.3 is 0 Å². The highest BCUT2D eigenvalue weighted by Crippen LogP contribution is 2.19. The largest absolute Gasteiger partial charge is 0.0883 e. The maximum absolute atomic E-state index is 5.80. The van der Waals surface area contributed by atoms with E-state index in [-0.39, 0.29) is 0 Å². The molecule has 0 aliphatic rings. The van der Waals surface area contributed by atoms with Crippen molar-refractivity contribution in [2.24, 2.45) is 0 Å². The fourth-order valence-corrected chi connectivity index (χ4v) is 2.08. The third kappa shape index (κ3) is 3.45. The topological polar surface area (TPSA) is 0 Å². The Morgan fingerprint density at radius 1 is 1.23 bits per heavy atom. The zero-order valence-corrected chi connectivity index (χ0v) is 10.9. The molecule has 70 valence electrons. The third-order valence-corrected chi connectivity index (χ3v) is 2.86. The standard InChI is InChI=1S/C10H9Br2Cl/c11-6-5-9(7-12)8-1-3-10(13)4-2-8/h1-5H,6-7H2/b9-5+. The van der Waals surface area contributed by atoms with E-state index >= 15 is 0 Å². The van der Waals surface area contributed by atoms with Crippen LogP contribution in [0.3, 0.4) is 0 Å². The van der Waals surface area contributed by atoms with Crippen LogP contribution < -0.4 is 0 Å². The van der Waals surface area contributed by atoms with Gasteiger partial charge in [0.25, 0.3) is 0 Å². The summed E-state index contributed by atoms with van der Waals surface area (Å²) in [5.41, 5.74) is 2.48. The fourth-order valence-electron chi connectivity index (χ4n) is 1.01. The van der Waals surface area contributed by atoms with Gasteiger partial charge < -0.3 is 0 Å². The van der Waals surface area contributed by atoms with Crippen LogP contribution in [0.15, 0.2) is 30.3 Å². The quantitative estimate of drug-likeness (QED) is 0.718. The summed E-state index contributed by atoms with van der Waals surface area (Å²) in [4.78, 5) is 0. The molecule has 0 aliphatic heterocycles. The van der Waals surface area contributed by atoms with Gasteiger partial charge in [-0.3, -0.25) is 0 Å². The predicted octanol–water partition coefficient (Wildman–Crippen LogP) is 4.51. The Kier molecular flexibility index (Phi) is 5.07. The van der Waals surface area contributed by atoms with E-state index in [1.54, 1.807) is 0 Å². The van der Waals surface area contributed by atoms with Crippen LogP contribution in [0.1, 0.15) is 5.56 Å². The molecular weight excluding hydrogens is 315 g/mol. The molecule has 0 saturated heterocycles. The molecule has 0 spiro atoms. The van der Waals surface area contributed by atoms with Crippen molar-refractivity contribution in [1.29, 1.82) is 0 Å². The lowest BCUT2D eigenvalue weighted by molar-refractivity contribution is 1.57. The number of hydrogen-bond donors (Lipinski definition) is 0. The highest BCUT2D eigenvalue weighted by Gasteiger charge is 1.98. The van der Waals surface area contributed by atoms with Gasteiger partial charge in [-0.1, -0.05) is 61.7 Å². The third-order valence-electron chi connectivity index (χ3n) is 1.68. The van der Waals surface area contributed by atoms with Gasteiger partial charge in [0.05, 0.1) is 0 Å². The first-order valence-electron chi connectivity index (χ1n) is 3.85. The Morgan fingerprint density at radius 2 is 1.85 bits per heavy atom. The van der Waals surface area contributed by atoms with E-state index in [4.69, 9.17) is 11.6 Å². The first-order valence-corrected chi connectivity index (χ1v) is 6.47. The summed E-state index contributed by atoms with van der Waals surface area (Å²) in [6.45, 7) is 0. The van der Waals surface area contributed by atoms with Crippen molar-refractivity contribution in [2.45, 2.75) is 0 Å². The molecule has 0 nitrogen and oxygen atoms in total. The number of rotatable bonds is 3. The second-order valence-electron chi connectivity index (χ2n) is 2.52. The first kappa shape index (κ1) is 11.3. The fraction of sp³-hybridized carbons (Fsp3) is 0.200. The van der Waals surface area contributed by atoms with Gasteiger partial charge in [0, 0.05) is 15.7 Å². The molecule has 3 heteroatoms. The van der Waals surface area contributed by atoms with Crippen molar-refractivity contribution < 1.29 is 0 Å². The molecular formula is C10H9Br2Cl. The van der Waals surface area contributed by atoms with Crippen LogP contribution >= 0.6 is 43.5 Å². The maximum Gasteiger partial charge on any atom is 0.0406 e. The second kappa shape index (κ2) is 5.84. The minimum atomic E-state index is 0.775. The molecule has 1 rings (SSSR count). The molecule has 0 amide bonds. The first-order chi connectivity index (χ1) is 6.27. The molecule has 0 atom stereocenters. The summed E-state index contributed by atoms with van der Waals surface area (Å²) in [6, 6.07) is 7.86. The van der Waals surface area contributed by atoms with Gasteiger partial charge in [0.2, 0.25) is 0 Å². The number of allylic oxidation sites excluding steroid dienone is 2.